The van der Waals surface area contributed by atoms with Gasteiger partial charge in [-0.1, -0.05) is 12.1 Å². The van der Waals surface area contributed by atoms with Crippen LogP contribution in [0.1, 0.15) is 11.1 Å². The molecule has 0 aliphatic heterocycles. The van der Waals surface area contributed by atoms with Gasteiger partial charge in [0.2, 0.25) is 10.0 Å². The monoisotopic (exact) mass is 401 g/mol. The summed E-state index contributed by atoms with van der Waals surface area (Å²) in [6.45, 7) is -1.06. The molecule has 0 bridgehead atoms. The van der Waals surface area contributed by atoms with Gasteiger partial charge in [-0.15, -0.1) is 0 Å². The van der Waals surface area contributed by atoms with E-state index in [1.807, 2.05) is 0 Å². The van der Waals surface area contributed by atoms with Crippen LogP contribution in [-0.2, 0) is 16.4 Å². The molecule has 0 amide bonds. The average molecular weight is 401 g/mol. The van der Waals surface area contributed by atoms with Crippen LogP contribution < -0.4 is 18.9 Å². The predicted octanol–water partition coefficient (Wildman–Crippen LogP) is 3.13. The lowest BCUT2D eigenvalue weighted by Gasteiger charge is -2.13. The summed E-state index contributed by atoms with van der Waals surface area (Å²) in [6, 6.07) is 9.34. The van der Waals surface area contributed by atoms with Gasteiger partial charge in [0.05, 0.1) is 14.2 Å². The van der Waals surface area contributed by atoms with E-state index in [1.165, 1.54) is 32.4 Å². The SMILES string of the molecule is COc1cc(CCNS(=O)(=O)c2cc(C)ccc2OC)ccc1OC(F)F. The summed E-state index contributed by atoms with van der Waals surface area (Å²) in [5.74, 6) is 0.320. The van der Waals surface area contributed by atoms with Crippen molar-refractivity contribution in [1.82, 2.24) is 4.72 Å². The summed E-state index contributed by atoms with van der Waals surface area (Å²) in [6.07, 6.45) is 0.332. The van der Waals surface area contributed by atoms with E-state index in [0.717, 1.165) is 5.56 Å². The minimum atomic E-state index is -3.77. The molecular weight excluding hydrogens is 380 g/mol. The molecule has 0 aliphatic carbocycles. The summed E-state index contributed by atoms with van der Waals surface area (Å²) in [5, 5.41) is 0. The number of alkyl halides is 2. The van der Waals surface area contributed by atoms with Gasteiger partial charge in [-0.25, -0.2) is 13.1 Å². The maximum atomic E-state index is 12.5. The van der Waals surface area contributed by atoms with Crippen molar-refractivity contribution in [2.75, 3.05) is 20.8 Å². The normalized spacial score (nSPS) is 11.5. The van der Waals surface area contributed by atoms with Gasteiger partial charge >= 0.3 is 6.61 Å². The number of hydrogen-bond acceptors (Lipinski definition) is 5. The summed E-state index contributed by atoms with van der Waals surface area (Å²) in [7, 11) is -1.03. The Morgan fingerprint density at radius 3 is 2.30 bits per heavy atom. The van der Waals surface area contributed by atoms with Crippen molar-refractivity contribution in [2.45, 2.75) is 24.9 Å². The number of nitrogens with one attached hydrogen (secondary N) is 1. The molecule has 1 N–H and O–H groups in total. The van der Waals surface area contributed by atoms with Crippen LogP contribution in [0, 0.1) is 6.92 Å². The van der Waals surface area contributed by atoms with Crippen LogP contribution in [0.25, 0.3) is 0 Å². The standard InChI is InChI=1S/C18H21F2NO5S/c1-12-4-6-15(24-2)17(10-12)27(22,23)21-9-8-13-5-7-14(26-18(19)20)16(11-13)25-3/h4-7,10-11,18,21H,8-9H2,1-3H3. The molecule has 0 radical (unpaired) electrons. The first-order chi connectivity index (χ1) is 12.8. The lowest BCUT2D eigenvalue weighted by Crippen LogP contribution is -2.26. The summed E-state index contributed by atoms with van der Waals surface area (Å²) >= 11 is 0. The molecule has 2 aromatic carbocycles. The molecule has 2 aromatic rings. The second-order valence-electron chi connectivity index (χ2n) is 5.67. The van der Waals surface area contributed by atoms with E-state index in [9.17, 15) is 17.2 Å². The number of aryl methyl sites for hydroxylation is 1. The molecule has 0 saturated carbocycles. The first kappa shape index (κ1) is 20.9. The molecule has 9 heteroatoms. The zero-order chi connectivity index (χ0) is 20.0. The minimum Gasteiger partial charge on any atom is -0.495 e. The number of halogens is 2. The van der Waals surface area contributed by atoms with E-state index in [-0.39, 0.29) is 28.7 Å². The third-order valence-electron chi connectivity index (χ3n) is 3.76. The van der Waals surface area contributed by atoms with Crippen molar-refractivity contribution in [2.24, 2.45) is 0 Å². The van der Waals surface area contributed by atoms with Crippen molar-refractivity contribution in [3.05, 3.63) is 47.5 Å². The number of methoxy groups -OCH3 is 2. The molecule has 0 heterocycles. The van der Waals surface area contributed by atoms with Gasteiger partial charge in [0, 0.05) is 6.54 Å². The second kappa shape index (κ2) is 9.01. The van der Waals surface area contributed by atoms with E-state index in [4.69, 9.17) is 9.47 Å². The fourth-order valence-corrected chi connectivity index (χ4v) is 3.75. The molecule has 0 saturated heterocycles. The van der Waals surface area contributed by atoms with Crippen molar-refractivity contribution in [3.8, 4) is 17.2 Å². The lowest BCUT2D eigenvalue weighted by atomic mass is 10.1. The Kier molecular flexibility index (Phi) is 6.98. The predicted molar refractivity (Wildman–Crippen MR) is 96.2 cm³/mol. The van der Waals surface area contributed by atoms with E-state index in [2.05, 4.69) is 9.46 Å². The van der Waals surface area contributed by atoms with Gasteiger partial charge in [0.15, 0.2) is 11.5 Å². The van der Waals surface area contributed by atoms with Crippen LogP contribution in [0.4, 0.5) is 8.78 Å². The van der Waals surface area contributed by atoms with Gasteiger partial charge in [-0.05, 0) is 48.7 Å². The van der Waals surface area contributed by atoms with Crippen LogP contribution in [0.2, 0.25) is 0 Å². The zero-order valence-corrected chi connectivity index (χ0v) is 16.0. The summed E-state index contributed by atoms with van der Waals surface area (Å²) in [4.78, 5) is 0.0586. The zero-order valence-electron chi connectivity index (χ0n) is 15.2. The maximum absolute atomic E-state index is 12.5. The fourth-order valence-electron chi connectivity index (χ4n) is 2.46. The van der Waals surface area contributed by atoms with Crippen LogP contribution >= 0.6 is 0 Å². The second-order valence-corrected chi connectivity index (χ2v) is 7.40. The Morgan fingerprint density at radius 1 is 1.00 bits per heavy atom. The molecule has 0 fully saturated rings. The van der Waals surface area contributed by atoms with E-state index in [1.54, 1.807) is 25.1 Å². The largest absolute Gasteiger partial charge is 0.495 e. The Hall–Kier alpha value is -2.39. The molecule has 2 rings (SSSR count). The highest BCUT2D eigenvalue weighted by molar-refractivity contribution is 7.89. The van der Waals surface area contributed by atoms with E-state index < -0.39 is 16.6 Å². The number of sulfonamides is 1. The molecule has 6 nitrogen and oxygen atoms in total. The Balaban J connectivity index is 2.08. The number of hydrogen-bond donors (Lipinski definition) is 1. The van der Waals surface area contributed by atoms with E-state index >= 15 is 0 Å². The topological polar surface area (TPSA) is 73.9 Å². The third-order valence-corrected chi connectivity index (χ3v) is 5.24. The Bertz CT molecular complexity index is 887. The number of rotatable bonds is 9. The Labute approximate surface area is 157 Å². The van der Waals surface area contributed by atoms with Crippen molar-refractivity contribution < 1.29 is 31.4 Å². The van der Waals surface area contributed by atoms with Crippen molar-refractivity contribution in [3.63, 3.8) is 0 Å². The van der Waals surface area contributed by atoms with Gasteiger partial charge in [-0.2, -0.15) is 8.78 Å². The molecule has 0 aromatic heterocycles. The minimum absolute atomic E-state index is 0.0586. The van der Waals surface area contributed by atoms with Crippen LogP contribution in [0.5, 0.6) is 17.2 Å². The van der Waals surface area contributed by atoms with Crippen molar-refractivity contribution >= 4 is 10.0 Å². The van der Waals surface area contributed by atoms with Crippen molar-refractivity contribution in [1.29, 1.82) is 0 Å². The molecule has 27 heavy (non-hydrogen) atoms. The Morgan fingerprint density at radius 2 is 1.67 bits per heavy atom. The molecule has 0 unspecified atom stereocenters. The van der Waals surface area contributed by atoms with E-state index in [0.29, 0.717) is 12.0 Å². The summed E-state index contributed by atoms with van der Waals surface area (Å²) in [5.41, 5.74) is 1.49. The van der Waals surface area contributed by atoms with Gasteiger partial charge in [0.25, 0.3) is 0 Å². The van der Waals surface area contributed by atoms with Gasteiger partial charge < -0.3 is 14.2 Å². The molecule has 0 spiro atoms. The number of ether oxygens (including phenoxy) is 3. The smallest absolute Gasteiger partial charge is 0.387 e. The first-order valence-corrected chi connectivity index (χ1v) is 9.51. The molecule has 0 atom stereocenters. The quantitative estimate of drug-likeness (QED) is 0.699. The lowest BCUT2D eigenvalue weighted by molar-refractivity contribution is -0.0512. The third kappa shape index (κ3) is 5.54. The highest BCUT2D eigenvalue weighted by atomic mass is 32.2. The fraction of sp³-hybridized carbons (Fsp3) is 0.333. The number of benzene rings is 2. The van der Waals surface area contributed by atoms with Crippen LogP contribution in [-0.4, -0.2) is 35.8 Å². The van der Waals surface area contributed by atoms with Gasteiger partial charge in [-0.3, -0.25) is 0 Å². The average Bonchev–Trinajstić information content (AvgIpc) is 2.62. The highest BCUT2D eigenvalue weighted by Gasteiger charge is 2.19. The van der Waals surface area contributed by atoms with Crippen LogP contribution in [0.15, 0.2) is 41.3 Å². The van der Waals surface area contributed by atoms with Gasteiger partial charge in [0.1, 0.15) is 10.6 Å². The summed E-state index contributed by atoms with van der Waals surface area (Å²) < 4.78 is 66.8. The molecular formula is C18H21F2NO5S. The first-order valence-electron chi connectivity index (χ1n) is 8.03. The van der Waals surface area contributed by atoms with Crippen LogP contribution in [0.3, 0.4) is 0 Å². The molecule has 0 aliphatic rings. The maximum Gasteiger partial charge on any atom is 0.387 e. The molecule has 148 valence electrons. The highest BCUT2D eigenvalue weighted by Crippen LogP contribution is 2.29.